The smallest absolute Gasteiger partial charge is 0.409 e. The molecule has 11 nitrogen and oxygen atoms in total. The van der Waals surface area contributed by atoms with E-state index in [1.807, 2.05) is 24.3 Å². The van der Waals surface area contributed by atoms with Gasteiger partial charge in [0.25, 0.3) is 0 Å². The van der Waals surface area contributed by atoms with E-state index < -0.39 is 5.97 Å². The van der Waals surface area contributed by atoms with Crippen molar-refractivity contribution in [2.24, 2.45) is 0 Å². The first-order valence-electron chi connectivity index (χ1n) is 12.7. The molecule has 0 spiro atoms. The fourth-order valence-electron chi connectivity index (χ4n) is 5.20. The lowest BCUT2D eigenvalue weighted by atomic mass is 9.98. The van der Waals surface area contributed by atoms with Crippen LogP contribution in [0.15, 0.2) is 60.8 Å². The number of carbonyl (C=O) groups excluding carboxylic acids is 1. The topological polar surface area (TPSA) is 133 Å². The van der Waals surface area contributed by atoms with Crippen molar-refractivity contribution < 1.29 is 24.2 Å². The molecule has 1 saturated heterocycles. The van der Waals surface area contributed by atoms with Crippen LogP contribution in [0.3, 0.4) is 0 Å². The lowest BCUT2D eigenvalue weighted by Gasteiger charge is -2.32. The van der Waals surface area contributed by atoms with Gasteiger partial charge in [0.2, 0.25) is 0 Å². The number of hydrogen-bond donors (Lipinski definition) is 1. The average molecular weight is 527 g/mol. The highest BCUT2D eigenvalue weighted by Crippen LogP contribution is 2.44. The monoisotopic (exact) mass is 526 g/mol. The predicted octanol–water partition coefficient (Wildman–Crippen LogP) is 3.39. The van der Waals surface area contributed by atoms with E-state index in [2.05, 4.69) is 44.5 Å². The van der Waals surface area contributed by atoms with Crippen molar-refractivity contribution in [1.29, 1.82) is 0 Å². The van der Waals surface area contributed by atoms with Crippen molar-refractivity contribution in [2.75, 3.05) is 26.3 Å². The Morgan fingerprint density at radius 3 is 2.49 bits per heavy atom. The molecule has 0 radical (unpaired) electrons. The predicted molar refractivity (Wildman–Crippen MR) is 139 cm³/mol. The van der Waals surface area contributed by atoms with Gasteiger partial charge in [0, 0.05) is 12.5 Å². The van der Waals surface area contributed by atoms with Crippen LogP contribution in [0.25, 0.3) is 22.5 Å². The Kier molecular flexibility index (Phi) is 6.49. The molecule has 4 aromatic rings. The number of nitrogens with zero attached hydrogens (tertiary/aromatic N) is 6. The Morgan fingerprint density at radius 1 is 1.05 bits per heavy atom. The molecule has 2 aromatic carbocycles. The Labute approximate surface area is 224 Å². The molecule has 1 fully saturated rings. The van der Waals surface area contributed by atoms with Crippen LogP contribution >= 0.6 is 0 Å². The fourth-order valence-corrected chi connectivity index (χ4v) is 5.20. The van der Waals surface area contributed by atoms with E-state index in [0.717, 1.165) is 0 Å². The number of amides is 1. The van der Waals surface area contributed by atoms with Gasteiger partial charge in [-0.3, -0.25) is 0 Å². The van der Waals surface area contributed by atoms with Crippen LogP contribution in [0.1, 0.15) is 33.4 Å². The first-order valence-corrected chi connectivity index (χ1v) is 12.7. The van der Waals surface area contributed by atoms with Gasteiger partial charge in [-0.25, -0.2) is 24.2 Å². The highest BCUT2D eigenvalue weighted by molar-refractivity contribution is 5.86. The molecule has 2 aliphatic rings. The molecule has 1 aliphatic carbocycles. The summed E-state index contributed by atoms with van der Waals surface area (Å²) in [4.78, 5) is 34.2. The van der Waals surface area contributed by atoms with Crippen LogP contribution in [0.4, 0.5) is 4.79 Å². The Morgan fingerprint density at radius 2 is 1.77 bits per heavy atom. The van der Waals surface area contributed by atoms with Crippen molar-refractivity contribution in [2.45, 2.75) is 25.5 Å². The molecular formula is C28H26N6O5. The second-order valence-corrected chi connectivity index (χ2v) is 9.56. The molecular weight excluding hydrogens is 500 g/mol. The maximum absolute atomic E-state index is 13.0. The maximum atomic E-state index is 13.0. The highest BCUT2D eigenvalue weighted by atomic mass is 16.6. The molecule has 198 valence electrons. The Hall–Kier alpha value is -4.64. The van der Waals surface area contributed by atoms with Crippen molar-refractivity contribution in [3.63, 3.8) is 0 Å². The fraction of sp³-hybridized carbons (Fsp3) is 0.286. The van der Waals surface area contributed by atoms with Crippen LogP contribution < -0.4 is 0 Å². The number of ether oxygens (including phenoxy) is 2. The van der Waals surface area contributed by atoms with Gasteiger partial charge in [0.15, 0.2) is 5.69 Å². The van der Waals surface area contributed by atoms with Crippen molar-refractivity contribution in [3.05, 3.63) is 83.4 Å². The summed E-state index contributed by atoms with van der Waals surface area (Å²) < 4.78 is 13.3. The van der Waals surface area contributed by atoms with E-state index in [1.54, 1.807) is 22.7 Å². The quantitative estimate of drug-likeness (QED) is 0.401. The molecule has 0 saturated carbocycles. The minimum absolute atomic E-state index is 0.00108. The Balaban J connectivity index is 1.09. The summed E-state index contributed by atoms with van der Waals surface area (Å²) in [6.45, 7) is 3.40. The standard InChI is InChI=1S/C28H26N6O5/c1-17-29-24(12-25(30-17)27(35)36)26-15-34(32-31-26)14-18-13-33(10-11-38-18)28(37)39-16-23-21-8-4-2-6-19(21)20-7-3-5-9-22(20)23/h2-9,12,15,18,23H,10-11,13-14,16H2,1H3,(H,35,36)/t18-/m0/s1. The van der Waals surface area contributed by atoms with Gasteiger partial charge < -0.3 is 19.5 Å². The number of benzene rings is 2. The van der Waals surface area contributed by atoms with Gasteiger partial charge in [-0.05, 0) is 35.2 Å². The van der Waals surface area contributed by atoms with Gasteiger partial charge in [-0.2, -0.15) is 0 Å². The van der Waals surface area contributed by atoms with E-state index in [9.17, 15) is 14.7 Å². The third-order valence-electron chi connectivity index (χ3n) is 6.98. The molecule has 1 amide bonds. The van der Waals surface area contributed by atoms with Gasteiger partial charge in [-0.1, -0.05) is 53.7 Å². The Bertz CT molecular complexity index is 1510. The normalized spacial score (nSPS) is 16.5. The molecule has 1 aliphatic heterocycles. The number of aromatic nitrogens is 5. The highest BCUT2D eigenvalue weighted by Gasteiger charge is 2.31. The van der Waals surface area contributed by atoms with E-state index in [1.165, 1.54) is 28.3 Å². The lowest BCUT2D eigenvalue weighted by molar-refractivity contribution is -0.0358. The summed E-state index contributed by atoms with van der Waals surface area (Å²) >= 11 is 0. The number of carbonyl (C=O) groups is 2. The van der Waals surface area contributed by atoms with Crippen molar-refractivity contribution in [1.82, 2.24) is 29.9 Å². The molecule has 6 rings (SSSR count). The average Bonchev–Trinajstić information content (AvgIpc) is 3.54. The summed E-state index contributed by atoms with van der Waals surface area (Å²) in [5, 5.41) is 17.5. The lowest BCUT2D eigenvalue weighted by Crippen LogP contribution is -2.47. The van der Waals surface area contributed by atoms with Crippen LogP contribution in [0.2, 0.25) is 0 Å². The van der Waals surface area contributed by atoms with Gasteiger partial charge in [0.05, 0.1) is 37.7 Å². The SMILES string of the molecule is Cc1nc(C(=O)O)cc(-c2cn(C[C@@H]3CN(C(=O)OCC4c5ccccc5-c5ccccc54)CCO3)nn2)n1. The molecule has 1 atom stereocenters. The number of aromatic carboxylic acids is 1. The molecule has 39 heavy (non-hydrogen) atoms. The summed E-state index contributed by atoms with van der Waals surface area (Å²) in [7, 11) is 0. The zero-order chi connectivity index (χ0) is 26.9. The minimum Gasteiger partial charge on any atom is -0.477 e. The summed E-state index contributed by atoms with van der Waals surface area (Å²) in [5.41, 5.74) is 5.39. The summed E-state index contributed by atoms with van der Waals surface area (Å²) in [6, 6.07) is 17.8. The molecule has 0 bridgehead atoms. The van der Waals surface area contributed by atoms with Crippen molar-refractivity contribution in [3.8, 4) is 22.5 Å². The molecule has 11 heteroatoms. The zero-order valence-corrected chi connectivity index (χ0v) is 21.2. The first kappa shape index (κ1) is 24.7. The number of hydrogen-bond acceptors (Lipinski definition) is 8. The second-order valence-electron chi connectivity index (χ2n) is 9.56. The van der Waals surface area contributed by atoms with E-state index in [4.69, 9.17) is 9.47 Å². The first-order chi connectivity index (χ1) is 19.0. The van der Waals surface area contributed by atoms with Gasteiger partial charge in [0.1, 0.15) is 18.1 Å². The van der Waals surface area contributed by atoms with Crippen LogP contribution in [0, 0.1) is 6.92 Å². The number of morpholine rings is 1. The second kappa shape index (κ2) is 10.3. The summed E-state index contributed by atoms with van der Waals surface area (Å²) in [6.07, 6.45) is 0.987. The number of carboxylic acid groups (broad SMARTS) is 1. The minimum atomic E-state index is -1.14. The van der Waals surface area contributed by atoms with Gasteiger partial charge in [-0.15, -0.1) is 5.10 Å². The molecule has 0 unspecified atom stereocenters. The summed E-state index contributed by atoms with van der Waals surface area (Å²) in [5.74, 6) is -0.814. The van der Waals surface area contributed by atoms with Crippen molar-refractivity contribution >= 4 is 12.1 Å². The number of fused-ring (bicyclic) bond motifs is 3. The molecule has 2 aromatic heterocycles. The van der Waals surface area contributed by atoms with E-state index in [0.29, 0.717) is 43.5 Å². The van der Waals surface area contributed by atoms with Crippen LogP contribution in [0.5, 0.6) is 0 Å². The largest absolute Gasteiger partial charge is 0.477 e. The van der Waals surface area contributed by atoms with Crippen LogP contribution in [-0.4, -0.2) is 79.4 Å². The zero-order valence-electron chi connectivity index (χ0n) is 21.2. The number of rotatable bonds is 6. The van der Waals surface area contributed by atoms with E-state index >= 15 is 0 Å². The molecule has 1 N–H and O–H groups in total. The van der Waals surface area contributed by atoms with Gasteiger partial charge >= 0.3 is 12.1 Å². The molecule has 3 heterocycles. The number of aryl methyl sites for hydroxylation is 1. The van der Waals surface area contributed by atoms with E-state index in [-0.39, 0.29) is 30.4 Å². The third kappa shape index (κ3) is 4.96. The third-order valence-corrected chi connectivity index (χ3v) is 6.98. The number of carboxylic acids is 1. The maximum Gasteiger partial charge on any atom is 0.409 e. The van der Waals surface area contributed by atoms with Crippen LogP contribution in [-0.2, 0) is 16.0 Å².